The van der Waals surface area contributed by atoms with Crippen molar-refractivity contribution in [3.8, 4) is 0 Å². The Hall–Kier alpha value is -1.27. The van der Waals surface area contributed by atoms with Gasteiger partial charge in [-0.3, -0.25) is 9.10 Å². The Balaban J connectivity index is 2.22. The topological polar surface area (TPSA) is 66.5 Å². The number of halogens is 1. The van der Waals surface area contributed by atoms with Gasteiger partial charge in [0.1, 0.15) is 6.04 Å². The summed E-state index contributed by atoms with van der Waals surface area (Å²) in [6.45, 7) is 1.82. The van der Waals surface area contributed by atoms with Crippen molar-refractivity contribution in [2.24, 2.45) is 0 Å². The van der Waals surface area contributed by atoms with E-state index in [9.17, 15) is 13.2 Å². The summed E-state index contributed by atoms with van der Waals surface area (Å²) in [6.07, 6.45) is 9.28. The van der Waals surface area contributed by atoms with Crippen LogP contribution in [0, 0.1) is 0 Å². The predicted molar refractivity (Wildman–Crippen MR) is 107 cm³/mol. The van der Waals surface area contributed by atoms with Gasteiger partial charge in [0.25, 0.3) is 0 Å². The molecule has 0 bridgehead atoms. The Morgan fingerprint density at radius 3 is 2.38 bits per heavy atom. The molecule has 5 nitrogen and oxygen atoms in total. The van der Waals surface area contributed by atoms with Gasteiger partial charge in [-0.15, -0.1) is 0 Å². The molecule has 0 aromatic heterocycles. The summed E-state index contributed by atoms with van der Waals surface area (Å²) in [5, 5.41) is 3.53. The lowest BCUT2D eigenvalue weighted by atomic mass is 9.96. The summed E-state index contributed by atoms with van der Waals surface area (Å²) in [7, 11) is -3.63. The highest BCUT2D eigenvalue weighted by atomic mass is 35.5. The predicted octanol–water partition coefficient (Wildman–Crippen LogP) is 4.11. The SMILES string of the molecule is CC[C@H](C(=O)NC1CCCCCCC1)N(c1cccc(Cl)c1)S(C)(=O)=O. The van der Waals surface area contributed by atoms with Crippen molar-refractivity contribution in [2.45, 2.75) is 70.4 Å². The van der Waals surface area contributed by atoms with Gasteiger partial charge in [0.05, 0.1) is 11.9 Å². The number of benzene rings is 1. The first kappa shape index (κ1) is 21.0. The molecule has 0 spiro atoms. The summed E-state index contributed by atoms with van der Waals surface area (Å²) >= 11 is 6.03. The molecular formula is C19H29ClN2O3S. The number of anilines is 1. The van der Waals surface area contributed by atoms with Gasteiger partial charge in [0, 0.05) is 11.1 Å². The van der Waals surface area contributed by atoms with E-state index < -0.39 is 16.1 Å². The van der Waals surface area contributed by atoms with E-state index in [1.165, 1.54) is 23.6 Å². The number of sulfonamides is 1. The van der Waals surface area contributed by atoms with Gasteiger partial charge < -0.3 is 5.32 Å². The molecule has 26 heavy (non-hydrogen) atoms. The lowest BCUT2D eigenvalue weighted by Gasteiger charge is -2.32. The van der Waals surface area contributed by atoms with Crippen LogP contribution in [0.5, 0.6) is 0 Å². The van der Waals surface area contributed by atoms with Crippen LogP contribution < -0.4 is 9.62 Å². The zero-order chi connectivity index (χ0) is 19.2. The molecule has 1 aromatic carbocycles. The van der Waals surface area contributed by atoms with Crippen molar-refractivity contribution in [3.05, 3.63) is 29.3 Å². The zero-order valence-electron chi connectivity index (χ0n) is 15.6. The number of nitrogens with one attached hydrogen (secondary N) is 1. The first-order valence-corrected chi connectivity index (χ1v) is 11.6. The molecule has 1 N–H and O–H groups in total. The molecule has 1 aliphatic carbocycles. The van der Waals surface area contributed by atoms with Crippen LogP contribution >= 0.6 is 11.6 Å². The molecule has 0 aliphatic heterocycles. The number of nitrogens with zero attached hydrogens (tertiary/aromatic N) is 1. The van der Waals surface area contributed by atoms with Gasteiger partial charge in [-0.25, -0.2) is 8.42 Å². The van der Waals surface area contributed by atoms with Crippen molar-refractivity contribution in [1.29, 1.82) is 0 Å². The maximum absolute atomic E-state index is 12.9. The maximum atomic E-state index is 12.9. The molecule has 1 amide bonds. The summed E-state index contributed by atoms with van der Waals surface area (Å²) < 4.78 is 26.1. The van der Waals surface area contributed by atoms with Crippen LogP contribution in [0.1, 0.15) is 58.3 Å². The van der Waals surface area contributed by atoms with E-state index in [1.807, 2.05) is 6.92 Å². The van der Waals surface area contributed by atoms with Crippen LogP contribution in [0.15, 0.2) is 24.3 Å². The van der Waals surface area contributed by atoms with Crippen LogP contribution in [-0.2, 0) is 14.8 Å². The summed E-state index contributed by atoms with van der Waals surface area (Å²) in [5.41, 5.74) is 0.416. The number of hydrogen-bond acceptors (Lipinski definition) is 3. The maximum Gasteiger partial charge on any atom is 0.244 e. The van der Waals surface area contributed by atoms with Crippen LogP contribution in [-0.4, -0.2) is 32.7 Å². The van der Waals surface area contributed by atoms with E-state index in [0.717, 1.165) is 31.9 Å². The van der Waals surface area contributed by atoms with E-state index in [-0.39, 0.29) is 11.9 Å². The van der Waals surface area contributed by atoms with Crippen molar-refractivity contribution in [2.75, 3.05) is 10.6 Å². The molecule has 1 atom stereocenters. The van der Waals surface area contributed by atoms with E-state index in [1.54, 1.807) is 24.3 Å². The lowest BCUT2D eigenvalue weighted by molar-refractivity contribution is -0.123. The highest BCUT2D eigenvalue weighted by Crippen LogP contribution is 2.26. The van der Waals surface area contributed by atoms with Crippen molar-refractivity contribution < 1.29 is 13.2 Å². The van der Waals surface area contributed by atoms with Crippen molar-refractivity contribution in [3.63, 3.8) is 0 Å². The van der Waals surface area contributed by atoms with E-state index in [4.69, 9.17) is 11.6 Å². The average Bonchev–Trinajstić information content (AvgIpc) is 2.53. The van der Waals surface area contributed by atoms with Gasteiger partial charge in [-0.05, 0) is 37.5 Å². The first-order chi connectivity index (χ1) is 12.3. The number of carbonyl (C=O) groups excluding carboxylic acids is 1. The summed E-state index contributed by atoms with van der Waals surface area (Å²) in [6, 6.07) is 5.95. The molecule has 0 heterocycles. The average molecular weight is 401 g/mol. The quantitative estimate of drug-likeness (QED) is 0.781. The summed E-state index contributed by atoms with van der Waals surface area (Å²) in [5.74, 6) is -0.233. The van der Waals surface area contributed by atoms with E-state index in [0.29, 0.717) is 17.1 Å². The number of carbonyl (C=O) groups is 1. The van der Waals surface area contributed by atoms with Gasteiger partial charge >= 0.3 is 0 Å². The zero-order valence-corrected chi connectivity index (χ0v) is 17.2. The third kappa shape index (κ3) is 5.88. The molecular weight excluding hydrogens is 372 g/mol. The minimum absolute atomic E-state index is 0.123. The second kappa shape index (κ2) is 9.60. The molecule has 1 aliphatic rings. The van der Waals surface area contributed by atoms with Crippen LogP contribution in [0.25, 0.3) is 0 Å². The Labute approximate surface area is 162 Å². The standard InChI is InChI=1S/C19H29ClN2O3S/c1-3-18(19(23)21-16-11-7-5-4-6-8-12-16)22(26(2,24)25)17-13-9-10-15(20)14-17/h9-10,13-14,16,18H,3-8,11-12H2,1-2H3,(H,21,23)/t18-/m1/s1. The normalized spacial score (nSPS) is 17.8. The largest absolute Gasteiger partial charge is 0.352 e. The van der Waals surface area contributed by atoms with Gasteiger partial charge in [0.2, 0.25) is 15.9 Å². The minimum Gasteiger partial charge on any atom is -0.352 e. The number of amides is 1. The molecule has 1 aromatic rings. The molecule has 1 fully saturated rings. The fraction of sp³-hybridized carbons (Fsp3) is 0.632. The number of rotatable bonds is 6. The lowest BCUT2D eigenvalue weighted by Crippen LogP contribution is -2.51. The number of hydrogen-bond donors (Lipinski definition) is 1. The highest BCUT2D eigenvalue weighted by Gasteiger charge is 2.32. The Morgan fingerprint density at radius 1 is 1.23 bits per heavy atom. The molecule has 1 saturated carbocycles. The highest BCUT2D eigenvalue weighted by molar-refractivity contribution is 7.92. The molecule has 0 radical (unpaired) electrons. The monoisotopic (exact) mass is 400 g/mol. The fourth-order valence-electron chi connectivity index (χ4n) is 3.57. The molecule has 0 unspecified atom stereocenters. The van der Waals surface area contributed by atoms with E-state index in [2.05, 4.69) is 5.32 Å². The Bertz CT molecular complexity index is 700. The Kier molecular flexibility index (Phi) is 7.77. The molecule has 7 heteroatoms. The second-order valence-electron chi connectivity index (χ2n) is 7.01. The van der Waals surface area contributed by atoms with Gasteiger partial charge in [-0.1, -0.05) is 56.7 Å². The molecule has 0 saturated heterocycles. The second-order valence-corrected chi connectivity index (χ2v) is 9.31. The van der Waals surface area contributed by atoms with E-state index >= 15 is 0 Å². The van der Waals surface area contributed by atoms with Gasteiger partial charge in [0.15, 0.2) is 0 Å². The summed E-state index contributed by atoms with van der Waals surface area (Å²) in [4.78, 5) is 12.9. The van der Waals surface area contributed by atoms with Crippen molar-refractivity contribution in [1.82, 2.24) is 5.32 Å². The van der Waals surface area contributed by atoms with Gasteiger partial charge in [-0.2, -0.15) is 0 Å². The van der Waals surface area contributed by atoms with Crippen LogP contribution in [0.3, 0.4) is 0 Å². The Morgan fingerprint density at radius 2 is 1.85 bits per heavy atom. The molecule has 2 rings (SSSR count). The smallest absolute Gasteiger partial charge is 0.244 e. The van der Waals surface area contributed by atoms with Crippen molar-refractivity contribution >= 4 is 33.2 Å². The third-order valence-electron chi connectivity index (χ3n) is 4.84. The first-order valence-electron chi connectivity index (χ1n) is 9.38. The molecule has 146 valence electrons. The third-order valence-corrected chi connectivity index (χ3v) is 6.26. The van der Waals surface area contributed by atoms with Crippen LogP contribution in [0.2, 0.25) is 5.02 Å². The minimum atomic E-state index is -3.63. The fourth-order valence-corrected chi connectivity index (χ4v) is 4.96. The van der Waals surface area contributed by atoms with Crippen LogP contribution in [0.4, 0.5) is 5.69 Å².